The van der Waals surface area contributed by atoms with Crippen LogP contribution in [0.2, 0.25) is 0 Å². The second-order valence-corrected chi connectivity index (χ2v) is 6.72. The molecule has 1 unspecified atom stereocenters. The summed E-state index contributed by atoms with van der Waals surface area (Å²) >= 11 is 0. The minimum atomic E-state index is 0.395. The van der Waals surface area contributed by atoms with Gasteiger partial charge in [0.1, 0.15) is 12.2 Å². The van der Waals surface area contributed by atoms with Gasteiger partial charge in [-0.3, -0.25) is 9.89 Å². The van der Waals surface area contributed by atoms with Gasteiger partial charge in [-0.15, -0.1) is 10.2 Å². The summed E-state index contributed by atoms with van der Waals surface area (Å²) in [4.78, 5) is 7.19. The van der Waals surface area contributed by atoms with Crippen molar-refractivity contribution in [2.24, 2.45) is 4.99 Å². The van der Waals surface area contributed by atoms with E-state index in [0.29, 0.717) is 12.6 Å². The molecule has 1 saturated heterocycles. The highest BCUT2D eigenvalue weighted by atomic mass is 16.5. The smallest absolute Gasteiger partial charge is 0.191 e. The molecule has 8 heteroatoms. The number of nitrogens with one attached hydrogen (secondary N) is 2. The maximum atomic E-state index is 5.42. The van der Waals surface area contributed by atoms with E-state index in [9.17, 15) is 0 Å². The Labute approximate surface area is 156 Å². The zero-order valence-electron chi connectivity index (χ0n) is 16.4. The molecule has 2 N–H and O–H groups in total. The Morgan fingerprint density at radius 3 is 2.85 bits per heavy atom. The van der Waals surface area contributed by atoms with Crippen LogP contribution >= 0.6 is 0 Å². The van der Waals surface area contributed by atoms with Gasteiger partial charge in [0, 0.05) is 45.2 Å². The van der Waals surface area contributed by atoms with Crippen LogP contribution in [0.4, 0.5) is 0 Å². The summed E-state index contributed by atoms with van der Waals surface area (Å²) in [6.45, 7) is 16.9. The Balaban J connectivity index is 1.85. The fourth-order valence-electron chi connectivity index (χ4n) is 2.80. The second kappa shape index (κ2) is 10.9. The van der Waals surface area contributed by atoms with Crippen LogP contribution in [0.1, 0.15) is 26.6 Å². The van der Waals surface area contributed by atoms with Gasteiger partial charge in [0.15, 0.2) is 5.96 Å². The molecule has 0 bridgehead atoms. The molecule has 1 aliphatic rings. The van der Waals surface area contributed by atoms with Crippen LogP contribution in [0.5, 0.6) is 0 Å². The number of aliphatic imine (C=N–C) groups is 1. The Kier molecular flexibility index (Phi) is 8.57. The molecule has 1 aromatic rings. The third kappa shape index (κ3) is 6.76. The van der Waals surface area contributed by atoms with E-state index >= 15 is 0 Å². The molecule has 1 aliphatic heterocycles. The highest BCUT2D eigenvalue weighted by Gasteiger charge is 2.16. The molecule has 0 spiro atoms. The number of guanidine groups is 1. The SMILES string of the molecule is C=C(C)CNC(=NCC(C)N1CCOCC1)NCCn1cnnc1CC. The molecule has 1 atom stereocenters. The van der Waals surface area contributed by atoms with Gasteiger partial charge in [-0.1, -0.05) is 19.1 Å². The average Bonchev–Trinajstić information content (AvgIpc) is 3.11. The molecule has 1 aromatic heterocycles. The molecule has 0 radical (unpaired) electrons. The largest absolute Gasteiger partial charge is 0.379 e. The van der Waals surface area contributed by atoms with E-state index in [1.54, 1.807) is 6.33 Å². The van der Waals surface area contributed by atoms with Crippen molar-refractivity contribution in [1.29, 1.82) is 0 Å². The van der Waals surface area contributed by atoms with Crippen LogP contribution in [-0.4, -0.2) is 77.6 Å². The molecule has 0 aliphatic carbocycles. The van der Waals surface area contributed by atoms with Crippen molar-refractivity contribution in [3.63, 3.8) is 0 Å². The van der Waals surface area contributed by atoms with Gasteiger partial charge >= 0.3 is 0 Å². The molecule has 8 nitrogen and oxygen atoms in total. The molecule has 0 aromatic carbocycles. The highest BCUT2D eigenvalue weighted by molar-refractivity contribution is 5.80. The molecule has 0 saturated carbocycles. The number of hydrogen-bond acceptors (Lipinski definition) is 5. The minimum absolute atomic E-state index is 0.395. The highest BCUT2D eigenvalue weighted by Crippen LogP contribution is 2.03. The van der Waals surface area contributed by atoms with Crippen molar-refractivity contribution in [3.05, 3.63) is 24.3 Å². The van der Waals surface area contributed by atoms with Crippen molar-refractivity contribution < 1.29 is 4.74 Å². The van der Waals surface area contributed by atoms with Crippen LogP contribution in [0.3, 0.4) is 0 Å². The van der Waals surface area contributed by atoms with Crippen LogP contribution in [0.15, 0.2) is 23.5 Å². The van der Waals surface area contributed by atoms with Gasteiger partial charge in [-0.25, -0.2) is 0 Å². The zero-order valence-corrected chi connectivity index (χ0v) is 16.4. The molecule has 26 heavy (non-hydrogen) atoms. The molecule has 0 amide bonds. The molecule has 146 valence electrons. The average molecular weight is 364 g/mol. The van der Waals surface area contributed by atoms with Gasteiger partial charge in [0.05, 0.1) is 19.8 Å². The summed E-state index contributed by atoms with van der Waals surface area (Å²) in [7, 11) is 0. The van der Waals surface area contributed by atoms with E-state index in [2.05, 4.69) is 50.7 Å². The topological polar surface area (TPSA) is 79.6 Å². The van der Waals surface area contributed by atoms with E-state index in [0.717, 1.165) is 69.7 Å². The maximum Gasteiger partial charge on any atom is 0.191 e. The lowest BCUT2D eigenvalue weighted by Gasteiger charge is -2.31. The number of ether oxygens (including phenoxy) is 1. The summed E-state index contributed by atoms with van der Waals surface area (Å²) in [5.41, 5.74) is 1.08. The number of aromatic nitrogens is 3. The second-order valence-electron chi connectivity index (χ2n) is 6.72. The number of rotatable bonds is 9. The normalized spacial score (nSPS) is 17.1. The van der Waals surface area contributed by atoms with E-state index in [4.69, 9.17) is 9.73 Å². The van der Waals surface area contributed by atoms with Crippen LogP contribution < -0.4 is 10.6 Å². The van der Waals surface area contributed by atoms with Crippen molar-refractivity contribution in [3.8, 4) is 0 Å². The van der Waals surface area contributed by atoms with Crippen molar-refractivity contribution in [2.45, 2.75) is 39.8 Å². The third-order valence-corrected chi connectivity index (χ3v) is 4.40. The first-order valence-corrected chi connectivity index (χ1v) is 9.45. The molecule has 1 fully saturated rings. The molecular formula is C18H33N7O. The standard InChI is InChI=1S/C18H33N7O/c1-5-17-23-22-14-25(17)7-6-19-18(20-12-15(2)3)21-13-16(4)24-8-10-26-11-9-24/h14,16H,2,5-13H2,1,3-4H3,(H2,19,20,21). The lowest BCUT2D eigenvalue weighted by molar-refractivity contribution is 0.0220. The fraction of sp³-hybridized carbons (Fsp3) is 0.722. The summed E-state index contributed by atoms with van der Waals surface area (Å²) in [6.07, 6.45) is 2.66. The van der Waals surface area contributed by atoms with Crippen LogP contribution in [0.25, 0.3) is 0 Å². The quantitative estimate of drug-likeness (QED) is 0.381. The number of aryl methyl sites for hydroxylation is 1. The maximum absolute atomic E-state index is 5.42. The van der Waals surface area contributed by atoms with Gasteiger partial charge in [-0.2, -0.15) is 0 Å². The lowest BCUT2D eigenvalue weighted by Crippen LogP contribution is -2.45. The summed E-state index contributed by atoms with van der Waals surface area (Å²) < 4.78 is 7.49. The van der Waals surface area contributed by atoms with Gasteiger partial charge in [-0.05, 0) is 13.8 Å². The molecule has 2 rings (SSSR count). The van der Waals surface area contributed by atoms with Crippen LogP contribution in [0, 0.1) is 0 Å². The first-order valence-electron chi connectivity index (χ1n) is 9.45. The third-order valence-electron chi connectivity index (χ3n) is 4.40. The van der Waals surface area contributed by atoms with Crippen molar-refractivity contribution in [1.82, 2.24) is 30.3 Å². The number of nitrogens with zero attached hydrogens (tertiary/aromatic N) is 5. The predicted octanol–water partition coefficient (Wildman–Crippen LogP) is 0.673. The summed E-state index contributed by atoms with van der Waals surface area (Å²) in [5, 5.41) is 14.8. The Morgan fingerprint density at radius 2 is 2.15 bits per heavy atom. The minimum Gasteiger partial charge on any atom is -0.379 e. The first kappa shape index (κ1) is 20.4. The van der Waals surface area contributed by atoms with E-state index in [-0.39, 0.29) is 0 Å². The fourth-order valence-corrected chi connectivity index (χ4v) is 2.80. The Bertz CT molecular complexity index is 578. The van der Waals surface area contributed by atoms with E-state index in [1.165, 1.54) is 0 Å². The zero-order chi connectivity index (χ0) is 18.8. The van der Waals surface area contributed by atoms with Crippen LogP contribution in [-0.2, 0) is 17.7 Å². The lowest BCUT2D eigenvalue weighted by atomic mass is 10.2. The van der Waals surface area contributed by atoms with E-state index < -0.39 is 0 Å². The molecule has 2 heterocycles. The Hall–Kier alpha value is -1.93. The summed E-state index contributed by atoms with van der Waals surface area (Å²) in [5.74, 6) is 1.82. The molecular weight excluding hydrogens is 330 g/mol. The van der Waals surface area contributed by atoms with Gasteiger partial charge in [0.2, 0.25) is 0 Å². The number of morpholine rings is 1. The monoisotopic (exact) mass is 363 g/mol. The number of hydrogen-bond donors (Lipinski definition) is 2. The Morgan fingerprint density at radius 1 is 1.38 bits per heavy atom. The van der Waals surface area contributed by atoms with Crippen molar-refractivity contribution in [2.75, 3.05) is 45.9 Å². The predicted molar refractivity (Wildman–Crippen MR) is 104 cm³/mol. The van der Waals surface area contributed by atoms with E-state index in [1.807, 2.05) is 6.92 Å². The van der Waals surface area contributed by atoms with Gasteiger partial charge in [0.25, 0.3) is 0 Å². The van der Waals surface area contributed by atoms with Crippen molar-refractivity contribution >= 4 is 5.96 Å². The van der Waals surface area contributed by atoms with Gasteiger partial charge < -0.3 is 19.9 Å². The summed E-state index contributed by atoms with van der Waals surface area (Å²) in [6, 6.07) is 0.395. The first-order chi connectivity index (χ1) is 12.6.